The summed E-state index contributed by atoms with van der Waals surface area (Å²) in [5, 5.41) is 7.01. The van der Waals surface area contributed by atoms with E-state index in [1.807, 2.05) is 31.2 Å². The van der Waals surface area contributed by atoms with E-state index < -0.39 is 0 Å². The van der Waals surface area contributed by atoms with Crippen LogP contribution in [0, 0.1) is 6.92 Å². The molecule has 1 N–H and O–H groups in total. The first-order valence-electron chi connectivity index (χ1n) is 7.18. The molecule has 1 aliphatic rings. The molecular formula is C16H18N2O3. The Bertz CT molecular complexity index is 663. The highest BCUT2D eigenvalue weighted by Crippen LogP contribution is 2.32. The number of fused-ring (bicyclic) bond motifs is 1. The van der Waals surface area contributed by atoms with Crippen molar-refractivity contribution < 1.29 is 14.1 Å². The first-order chi connectivity index (χ1) is 10.2. The Morgan fingerprint density at radius 3 is 3.05 bits per heavy atom. The van der Waals surface area contributed by atoms with E-state index in [0.29, 0.717) is 30.0 Å². The molecule has 5 nitrogen and oxygen atoms in total. The summed E-state index contributed by atoms with van der Waals surface area (Å²) >= 11 is 0. The van der Waals surface area contributed by atoms with Crippen LogP contribution in [0.3, 0.4) is 0 Å². The number of amides is 1. The van der Waals surface area contributed by atoms with Crippen LogP contribution in [0.15, 0.2) is 28.8 Å². The highest BCUT2D eigenvalue weighted by molar-refractivity contribution is 5.96. The minimum absolute atomic E-state index is 0.0403. The second-order valence-corrected chi connectivity index (χ2v) is 5.12. The van der Waals surface area contributed by atoms with Gasteiger partial charge in [0.25, 0.3) is 5.91 Å². The van der Waals surface area contributed by atoms with Crippen molar-refractivity contribution >= 4 is 5.91 Å². The lowest BCUT2D eigenvalue weighted by atomic mass is 10.00. The van der Waals surface area contributed by atoms with E-state index in [1.165, 1.54) is 0 Å². The summed E-state index contributed by atoms with van der Waals surface area (Å²) < 4.78 is 10.7. The zero-order valence-electron chi connectivity index (χ0n) is 12.2. The molecule has 0 spiro atoms. The molecule has 0 saturated carbocycles. The van der Waals surface area contributed by atoms with Gasteiger partial charge in [-0.25, -0.2) is 0 Å². The number of benzene rings is 1. The maximum absolute atomic E-state index is 12.5. The second kappa shape index (κ2) is 5.60. The van der Waals surface area contributed by atoms with Crippen LogP contribution in [0.5, 0.6) is 5.75 Å². The number of para-hydroxylation sites is 1. The molecule has 2 heterocycles. The van der Waals surface area contributed by atoms with Crippen molar-refractivity contribution in [2.24, 2.45) is 0 Å². The zero-order valence-corrected chi connectivity index (χ0v) is 12.2. The van der Waals surface area contributed by atoms with Gasteiger partial charge in [-0.1, -0.05) is 30.3 Å². The molecule has 0 fully saturated rings. The molecule has 1 atom stereocenters. The van der Waals surface area contributed by atoms with Gasteiger partial charge >= 0.3 is 0 Å². The Kier molecular flexibility index (Phi) is 3.64. The largest absolute Gasteiger partial charge is 0.493 e. The molecule has 1 aromatic heterocycles. The van der Waals surface area contributed by atoms with Gasteiger partial charge in [0, 0.05) is 12.0 Å². The highest BCUT2D eigenvalue weighted by Gasteiger charge is 2.26. The van der Waals surface area contributed by atoms with Gasteiger partial charge in [-0.05, 0) is 19.4 Å². The lowest BCUT2D eigenvalue weighted by Crippen LogP contribution is -2.32. The van der Waals surface area contributed by atoms with Crippen LogP contribution >= 0.6 is 0 Å². The molecular weight excluding hydrogens is 268 g/mol. The van der Waals surface area contributed by atoms with Crippen LogP contribution in [0.25, 0.3) is 0 Å². The Hall–Kier alpha value is -2.30. The molecule has 1 amide bonds. The fraction of sp³-hybridized carbons (Fsp3) is 0.375. The van der Waals surface area contributed by atoms with Crippen molar-refractivity contribution in [2.75, 3.05) is 6.61 Å². The number of nitrogens with one attached hydrogen (secondary N) is 1. The molecule has 0 saturated heterocycles. The van der Waals surface area contributed by atoms with Crippen molar-refractivity contribution in [3.63, 3.8) is 0 Å². The minimum Gasteiger partial charge on any atom is -0.493 e. The van der Waals surface area contributed by atoms with E-state index in [4.69, 9.17) is 9.26 Å². The number of hydrogen-bond donors (Lipinski definition) is 1. The fourth-order valence-electron chi connectivity index (χ4n) is 2.67. The van der Waals surface area contributed by atoms with Gasteiger partial charge in [0.15, 0.2) is 0 Å². The van der Waals surface area contributed by atoms with Crippen molar-refractivity contribution in [3.8, 4) is 5.75 Å². The number of ether oxygens (including phenoxy) is 1. The average Bonchev–Trinajstić information content (AvgIpc) is 2.88. The van der Waals surface area contributed by atoms with E-state index in [-0.39, 0.29) is 11.9 Å². The SMILES string of the molecule is CCc1noc(C)c1C(=O)N[C@H]1CCOc2ccccc21. The van der Waals surface area contributed by atoms with Gasteiger partial charge in [-0.15, -0.1) is 0 Å². The Labute approximate surface area is 123 Å². The van der Waals surface area contributed by atoms with Gasteiger partial charge in [-0.2, -0.15) is 0 Å². The van der Waals surface area contributed by atoms with E-state index in [0.717, 1.165) is 17.7 Å². The first-order valence-corrected chi connectivity index (χ1v) is 7.18. The molecule has 0 bridgehead atoms. The molecule has 110 valence electrons. The van der Waals surface area contributed by atoms with Gasteiger partial charge in [-0.3, -0.25) is 4.79 Å². The first kappa shape index (κ1) is 13.7. The van der Waals surface area contributed by atoms with Gasteiger partial charge in [0.05, 0.1) is 18.3 Å². The second-order valence-electron chi connectivity index (χ2n) is 5.12. The monoisotopic (exact) mass is 286 g/mol. The zero-order chi connectivity index (χ0) is 14.8. The maximum atomic E-state index is 12.5. The van der Waals surface area contributed by atoms with Crippen LogP contribution in [0.2, 0.25) is 0 Å². The maximum Gasteiger partial charge on any atom is 0.257 e. The van der Waals surface area contributed by atoms with Crippen molar-refractivity contribution in [2.45, 2.75) is 32.7 Å². The Balaban J connectivity index is 1.84. The lowest BCUT2D eigenvalue weighted by Gasteiger charge is -2.26. The van der Waals surface area contributed by atoms with Crippen LogP contribution in [0.4, 0.5) is 0 Å². The summed E-state index contributed by atoms with van der Waals surface area (Å²) in [6.45, 7) is 4.32. The quantitative estimate of drug-likeness (QED) is 0.942. The Morgan fingerprint density at radius 1 is 1.43 bits per heavy atom. The topological polar surface area (TPSA) is 64.4 Å². The van der Waals surface area contributed by atoms with E-state index in [2.05, 4.69) is 10.5 Å². The number of aryl methyl sites for hydroxylation is 2. The molecule has 3 rings (SSSR count). The number of rotatable bonds is 3. The number of carbonyl (C=O) groups excluding carboxylic acids is 1. The number of hydrogen-bond acceptors (Lipinski definition) is 4. The standard InChI is InChI=1S/C16H18N2O3/c1-3-12-15(10(2)21-18-12)16(19)17-13-8-9-20-14-7-5-4-6-11(13)14/h4-7,13H,3,8-9H2,1-2H3,(H,17,19)/t13-/m0/s1. The van der Waals surface area contributed by atoms with Crippen molar-refractivity contribution in [1.82, 2.24) is 10.5 Å². The summed E-state index contributed by atoms with van der Waals surface area (Å²) in [7, 11) is 0. The Morgan fingerprint density at radius 2 is 2.24 bits per heavy atom. The fourth-order valence-corrected chi connectivity index (χ4v) is 2.67. The van der Waals surface area contributed by atoms with E-state index >= 15 is 0 Å². The van der Waals surface area contributed by atoms with Crippen molar-refractivity contribution in [1.29, 1.82) is 0 Å². The molecule has 21 heavy (non-hydrogen) atoms. The molecule has 0 aliphatic carbocycles. The molecule has 2 aromatic rings. The summed E-state index contributed by atoms with van der Waals surface area (Å²) in [5.74, 6) is 1.27. The summed E-state index contributed by atoms with van der Waals surface area (Å²) in [5.41, 5.74) is 2.27. The third-order valence-electron chi connectivity index (χ3n) is 3.76. The number of nitrogens with zero attached hydrogens (tertiary/aromatic N) is 1. The van der Waals surface area contributed by atoms with Crippen molar-refractivity contribution in [3.05, 3.63) is 46.8 Å². The normalized spacial score (nSPS) is 17.0. The summed E-state index contributed by atoms with van der Waals surface area (Å²) in [4.78, 5) is 12.5. The predicted molar refractivity (Wildman–Crippen MR) is 77.4 cm³/mol. The highest BCUT2D eigenvalue weighted by atomic mass is 16.5. The van der Waals surface area contributed by atoms with Crippen LogP contribution in [-0.4, -0.2) is 17.7 Å². The molecule has 1 aliphatic heterocycles. The summed E-state index contributed by atoms with van der Waals surface area (Å²) in [6, 6.07) is 7.76. The van der Waals surface area contributed by atoms with Gasteiger partial charge in [0.1, 0.15) is 17.1 Å². The molecule has 5 heteroatoms. The summed E-state index contributed by atoms with van der Waals surface area (Å²) in [6.07, 6.45) is 1.43. The van der Waals surface area contributed by atoms with E-state index in [9.17, 15) is 4.79 Å². The van der Waals surface area contributed by atoms with Gasteiger partial charge in [0.2, 0.25) is 0 Å². The number of carbonyl (C=O) groups is 1. The third kappa shape index (κ3) is 2.51. The van der Waals surface area contributed by atoms with E-state index in [1.54, 1.807) is 6.92 Å². The molecule has 0 unspecified atom stereocenters. The smallest absolute Gasteiger partial charge is 0.257 e. The third-order valence-corrected chi connectivity index (χ3v) is 3.76. The average molecular weight is 286 g/mol. The van der Waals surface area contributed by atoms with Gasteiger partial charge < -0.3 is 14.6 Å². The predicted octanol–water partition coefficient (Wildman–Crippen LogP) is 2.80. The lowest BCUT2D eigenvalue weighted by molar-refractivity contribution is 0.0922. The molecule has 1 aromatic carbocycles. The molecule has 0 radical (unpaired) electrons. The number of aromatic nitrogens is 1. The minimum atomic E-state index is -0.132. The van der Waals surface area contributed by atoms with Crippen LogP contribution in [-0.2, 0) is 6.42 Å². The van der Waals surface area contributed by atoms with Crippen LogP contribution in [0.1, 0.15) is 46.8 Å². The van der Waals surface area contributed by atoms with Crippen LogP contribution < -0.4 is 10.1 Å².